The number of nitrogens with one attached hydrogen (secondary N) is 1. The Bertz CT molecular complexity index is 1210. The molecule has 5 rings (SSSR count). The Morgan fingerprint density at radius 2 is 1.73 bits per heavy atom. The number of carbonyl (C=O) groups excluding carboxylic acids is 4. The zero-order valence-electron chi connectivity index (χ0n) is 24.0. The minimum Gasteiger partial charge on any atom is -0.458 e. The molecule has 0 saturated heterocycles. The van der Waals surface area contributed by atoms with Gasteiger partial charge in [0.15, 0.2) is 12.4 Å². The van der Waals surface area contributed by atoms with Crippen molar-refractivity contribution in [1.82, 2.24) is 5.32 Å². The molecule has 3 fully saturated rings. The first kappa shape index (κ1) is 28.7. The van der Waals surface area contributed by atoms with E-state index in [1.165, 1.54) is 5.57 Å². The van der Waals surface area contributed by atoms with Gasteiger partial charge < -0.3 is 15.2 Å². The SMILES string of the molecule is C[C@H](NC(=O)CCC(=O)OCC(=O)[C@@]1(O)CC[C@@H]2[C@H]3CCC4=CC(=O)CC[C@]4(C)[C@H]3CC[C@@]21C)c1ccccc1. The summed E-state index contributed by atoms with van der Waals surface area (Å²) >= 11 is 0. The normalized spacial score (nSPS) is 35.5. The molecular weight excluding hydrogens is 506 g/mol. The minimum atomic E-state index is -1.52. The van der Waals surface area contributed by atoms with Gasteiger partial charge in [-0.2, -0.15) is 0 Å². The molecule has 4 aliphatic carbocycles. The van der Waals surface area contributed by atoms with Crippen LogP contribution in [-0.4, -0.2) is 40.8 Å². The molecule has 0 aromatic heterocycles. The molecule has 0 aliphatic heterocycles. The van der Waals surface area contributed by atoms with Crippen molar-refractivity contribution in [3.63, 3.8) is 0 Å². The first-order valence-corrected chi connectivity index (χ1v) is 15.0. The van der Waals surface area contributed by atoms with Crippen LogP contribution in [0.5, 0.6) is 0 Å². The summed E-state index contributed by atoms with van der Waals surface area (Å²) in [5, 5.41) is 14.7. The van der Waals surface area contributed by atoms with E-state index in [1.807, 2.05) is 43.3 Å². The average Bonchev–Trinajstić information content (AvgIpc) is 3.22. The quantitative estimate of drug-likeness (QED) is 0.441. The highest BCUT2D eigenvalue weighted by Gasteiger charge is 2.66. The molecule has 7 nitrogen and oxygen atoms in total. The molecule has 0 bridgehead atoms. The summed E-state index contributed by atoms with van der Waals surface area (Å²) < 4.78 is 5.28. The molecule has 4 aliphatic rings. The third kappa shape index (κ3) is 4.95. The molecule has 40 heavy (non-hydrogen) atoms. The van der Waals surface area contributed by atoms with Gasteiger partial charge in [0.1, 0.15) is 5.60 Å². The number of fused-ring (bicyclic) bond motifs is 5. The van der Waals surface area contributed by atoms with Gasteiger partial charge in [-0.15, -0.1) is 0 Å². The lowest BCUT2D eigenvalue weighted by Crippen LogP contribution is -2.58. The molecule has 1 aromatic rings. The second kappa shape index (κ2) is 10.9. The summed E-state index contributed by atoms with van der Waals surface area (Å²) in [5.41, 5.74) is 0.220. The number of amides is 1. The van der Waals surface area contributed by atoms with Crippen molar-refractivity contribution in [1.29, 1.82) is 0 Å². The Kier molecular flexibility index (Phi) is 7.81. The third-order valence-corrected chi connectivity index (χ3v) is 11.2. The van der Waals surface area contributed by atoms with Crippen molar-refractivity contribution in [3.8, 4) is 0 Å². The van der Waals surface area contributed by atoms with Gasteiger partial charge in [-0.1, -0.05) is 49.8 Å². The number of esters is 1. The Hall–Kier alpha value is -2.80. The lowest BCUT2D eigenvalue weighted by molar-refractivity contribution is -0.170. The number of hydrogen-bond acceptors (Lipinski definition) is 6. The molecule has 0 spiro atoms. The van der Waals surface area contributed by atoms with Crippen LogP contribution in [0.15, 0.2) is 42.0 Å². The van der Waals surface area contributed by atoms with Crippen LogP contribution in [0.25, 0.3) is 0 Å². The lowest BCUT2D eigenvalue weighted by Gasteiger charge is -2.58. The van der Waals surface area contributed by atoms with Gasteiger partial charge in [-0.25, -0.2) is 0 Å². The maximum Gasteiger partial charge on any atom is 0.306 e. The van der Waals surface area contributed by atoms with Crippen molar-refractivity contribution in [2.24, 2.45) is 28.6 Å². The summed E-state index contributed by atoms with van der Waals surface area (Å²) in [5.74, 6) is 0.0285. The van der Waals surface area contributed by atoms with Crippen LogP contribution >= 0.6 is 0 Å². The van der Waals surface area contributed by atoms with Crippen LogP contribution in [0, 0.1) is 28.6 Å². The summed E-state index contributed by atoms with van der Waals surface area (Å²) in [6, 6.07) is 9.39. The molecule has 0 heterocycles. The molecule has 1 amide bonds. The number of hydrogen-bond donors (Lipinski definition) is 2. The summed E-state index contributed by atoms with van der Waals surface area (Å²) in [6.07, 6.45) is 7.96. The van der Waals surface area contributed by atoms with E-state index in [4.69, 9.17) is 4.74 Å². The fraction of sp³-hybridized carbons (Fsp3) is 0.636. The average molecular weight is 550 g/mol. The lowest BCUT2D eigenvalue weighted by atomic mass is 9.46. The highest BCUT2D eigenvalue weighted by Crippen LogP contribution is 2.67. The molecule has 2 N–H and O–H groups in total. The van der Waals surface area contributed by atoms with Gasteiger partial charge in [0.05, 0.1) is 12.5 Å². The smallest absolute Gasteiger partial charge is 0.306 e. The van der Waals surface area contributed by atoms with Crippen molar-refractivity contribution < 1.29 is 29.0 Å². The van der Waals surface area contributed by atoms with Gasteiger partial charge in [-0.3, -0.25) is 19.2 Å². The second-order valence-corrected chi connectivity index (χ2v) is 13.1. The molecule has 1 aromatic carbocycles. The molecular formula is C33H43NO6. The summed E-state index contributed by atoms with van der Waals surface area (Å²) in [7, 11) is 0. The van der Waals surface area contributed by atoms with E-state index in [0.29, 0.717) is 24.7 Å². The number of ketones is 2. The monoisotopic (exact) mass is 549 g/mol. The van der Waals surface area contributed by atoms with Gasteiger partial charge in [0.25, 0.3) is 0 Å². The number of allylic oxidation sites excluding steroid dienone is 1. The van der Waals surface area contributed by atoms with Gasteiger partial charge in [0, 0.05) is 18.3 Å². The van der Waals surface area contributed by atoms with Crippen LogP contribution in [0.4, 0.5) is 0 Å². The van der Waals surface area contributed by atoms with E-state index in [1.54, 1.807) is 0 Å². The number of aliphatic hydroxyl groups is 1. The zero-order valence-corrected chi connectivity index (χ0v) is 24.0. The number of carbonyl (C=O) groups is 4. The van der Waals surface area contributed by atoms with Crippen LogP contribution in [0.3, 0.4) is 0 Å². The standard InChI is InChI=1S/C33H43NO6/c1-21(22-7-5-4-6-8-22)34-29(37)11-12-30(38)40-20-28(36)33(39)18-15-27-25-10-9-23-19-24(35)13-16-31(23,2)26(25)14-17-32(27,33)3/h4-8,19,21,25-27,39H,9-18,20H2,1-3H3,(H,34,37)/t21-,25-,26-,27+,31-,32-,33-/m0/s1. The van der Waals surface area contributed by atoms with E-state index in [2.05, 4.69) is 19.2 Å². The highest BCUT2D eigenvalue weighted by molar-refractivity contribution is 5.92. The first-order chi connectivity index (χ1) is 19.0. The third-order valence-electron chi connectivity index (χ3n) is 11.2. The van der Waals surface area contributed by atoms with Crippen LogP contribution in [0.1, 0.15) is 96.6 Å². The summed E-state index contributed by atoms with van der Waals surface area (Å²) in [4.78, 5) is 50.2. The maximum atomic E-state index is 13.4. The molecule has 216 valence electrons. The van der Waals surface area contributed by atoms with Gasteiger partial charge >= 0.3 is 5.97 Å². The topological polar surface area (TPSA) is 110 Å². The zero-order chi connectivity index (χ0) is 28.7. The Morgan fingerprint density at radius 1 is 1.00 bits per heavy atom. The van der Waals surface area contributed by atoms with Crippen molar-refractivity contribution in [2.75, 3.05) is 6.61 Å². The molecule has 7 atom stereocenters. The Labute approximate surface area is 237 Å². The largest absolute Gasteiger partial charge is 0.458 e. The fourth-order valence-electron chi connectivity index (χ4n) is 8.73. The van der Waals surface area contributed by atoms with Crippen LogP contribution in [0.2, 0.25) is 0 Å². The Morgan fingerprint density at radius 3 is 2.48 bits per heavy atom. The van der Waals surface area contributed by atoms with Crippen LogP contribution in [-0.2, 0) is 23.9 Å². The minimum absolute atomic E-state index is 0.0296. The van der Waals surface area contributed by atoms with Crippen molar-refractivity contribution in [2.45, 2.75) is 96.6 Å². The number of benzene rings is 1. The predicted molar refractivity (Wildman–Crippen MR) is 150 cm³/mol. The van der Waals surface area contributed by atoms with Crippen LogP contribution < -0.4 is 5.32 Å². The first-order valence-electron chi connectivity index (χ1n) is 15.0. The van der Waals surface area contributed by atoms with E-state index in [9.17, 15) is 24.3 Å². The van der Waals surface area contributed by atoms with Crippen molar-refractivity contribution >= 4 is 23.4 Å². The highest BCUT2D eigenvalue weighted by atomic mass is 16.5. The fourth-order valence-corrected chi connectivity index (χ4v) is 8.73. The second-order valence-electron chi connectivity index (χ2n) is 13.1. The van der Waals surface area contributed by atoms with Gasteiger partial charge in [-0.05, 0) is 86.7 Å². The van der Waals surface area contributed by atoms with E-state index < -0.39 is 29.4 Å². The van der Waals surface area contributed by atoms with E-state index in [0.717, 1.165) is 44.1 Å². The molecule has 0 radical (unpaired) electrons. The predicted octanol–water partition coefficient (Wildman–Crippen LogP) is 5.02. The summed E-state index contributed by atoms with van der Waals surface area (Å²) in [6.45, 7) is 5.78. The van der Waals surface area contributed by atoms with E-state index in [-0.39, 0.29) is 41.9 Å². The Balaban J connectivity index is 1.15. The number of rotatable bonds is 8. The number of Topliss-reactive ketones (excluding diaryl/α,β-unsaturated/α-hetero) is 1. The molecule has 3 saturated carbocycles. The van der Waals surface area contributed by atoms with Crippen molar-refractivity contribution in [3.05, 3.63) is 47.5 Å². The molecule has 7 heteroatoms. The van der Waals surface area contributed by atoms with Gasteiger partial charge in [0.2, 0.25) is 11.7 Å². The van der Waals surface area contributed by atoms with E-state index >= 15 is 0 Å². The molecule has 0 unspecified atom stereocenters. The number of ether oxygens (including phenoxy) is 1. The maximum absolute atomic E-state index is 13.4.